The Morgan fingerprint density at radius 2 is 2.06 bits per heavy atom. The second-order valence-electron chi connectivity index (χ2n) is 4.66. The number of esters is 1. The molecule has 0 aromatic rings. The number of ether oxygens (including phenoxy) is 1. The van der Waals surface area contributed by atoms with E-state index in [0.29, 0.717) is 19.4 Å². The molecule has 0 fully saturated rings. The van der Waals surface area contributed by atoms with Crippen LogP contribution >= 0.6 is 0 Å². The van der Waals surface area contributed by atoms with Crippen LogP contribution in [-0.2, 0) is 14.3 Å². The Balaban J connectivity index is 4.18. The lowest BCUT2D eigenvalue weighted by molar-refractivity contribution is -0.158. The number of nitrogens with two attached hydrogens (primary N) is 1. The lowest BCUT2D eigenvalue weighted by Gasteiger charge is -2.23. The SMILES string of the molecule is CC(C)(C)OC(=O)C(CCCCN)NC=O. The zero-order valence-electron chi connectivity index (χ0n) is 10.3. The molecule has 0 aliphatic rings. The molecule has 0 aromatic heterocycles. The van der Waals surface area contributed by atoms with E-state index in [9.17, 15) is 9.59 Å². The summed E-state index contributed by atoms with van der Waals surface area (Å²) in [6.07, 6.45) is 2.71. The van der Waals surface area contributed by atoms with Gasteiger partial charge < -0.3 is 15.8 Å². The van der Waals surface area contributed by atoms with Crippen molar-refractivity contribution in [3.63, 3.8) is 0 Å². The van der Waals surface area contributed by atoms with Gasteiger partial charge in [-0.2, -0.15) is 0 Å². The largest absolute Gasteiger partial charge is 0.458 e. The van der Waals surface area contributed by atoms with Crippen LogP contribution in [0.1, 0.15) is 40.0 Å². The van der Waals surface area contributed by atoms with Gasteiger partial charge in [-0.05, 0) is 46.6 Å². The summed E-state index contributed by atoms with van der Waals surface area (Å²) in [7, 11) is 0. The first kappa shape index (κ1) is 14.9. The molecule has 0 aliphatic carbocycles. The highest BCUT2D eigenvalue weighted by atomic mass is 16.6. The number of hydrogen-bond acceptors (Lipinski definition) is 4. The van der Waals surface area contributed by atoms with Crippen LogP contribution in [-0.4, -0.2) is 30.6 Å². The molecule has 0 heterocycles. The normalized spacial score (nSPS) is 13.0. The fourth-order valence-electron chi connectivity index (χ4n) is 1.22. The van der Waals surface area contributed by atoms with Crippen LogP contribution < -0.4 is 11.1 Å². The van der Waals surface area contributed by atoms with E-state index in [1.807, 2.05) is 0 Å². The lowest BCUT2D eigenvalue weighted by atomic mass is 10.1. The van der Waals surface area contributed by atoms with Gasteiger partial charge in [0.15, 0.2) is 0 Å². The van der Waals surface area contributed by atoms with E-state index in [2.05, 4.69) is 5.32 Å². The van der Waals surface area contributed by atoms with Gasteiger partial charge in [0.1, 0.15) is 11.6 Å². The van der Waals surface area contributed by atoms with E-state index in [0.717, 1.165) is 12.8 Å². The van der Waals surface area contributed by atoms with Gasteiger partial charge in [0.25, 0.3) is 0 Å². The molecule has 0 saturated carbocycles. The molecule has 0 rings (SSSR count). The number of rotatable bonds is 7. The average Bonchev–Trinajstić information content (AvgIpc) is 2.14. The Hall–Kier alpha value is -1.10. The average molecular weight is 230 g/mol. The smallest absolute Gasteiger partial charge is 0.329 e. The minimum atomic E-state index is -0.566. The molecule has 0 bridgehead atoms. The highest BCUT2D eigenvalue weighted by Gasteiger charge is 2.24. The Kier molecular flexibility index (Phi) is 6.72. The molecule has 94 valence electrons. The zero-order chi connectivity index (χ0) is 12.6. The molecule has 1 amide bonds. The van der Waals surface area contributed by atoms with Crippen LogP contribution in [0.15, 0.2) is 0 Å². The van der Waals surface area contributed by atoms with Gasteiger partial charge in [-0.15, -0.1) is 0 Å². The van der Waals surface area contributed by atoms with E-state index >= 15 is 0 Å². The third-order valence-corrected chi connectivity index (χ3v) is 1.91. The fraction of sp³-hybridized carbons (Fsp3) is 0.818. The molecule has 0 spiro atoms. The molecule has 0 aromatic carbocycles. The van der Waals surface area contributed by atoms with Gasteiger partial charge in [0.2, 0.25) is 6.41 Å². The Labute approximate surface area is 96.7 Å². The molecular weight excluding hydrogens is 208 g/mol. The Morgan fingerprint density at radius 3 is 2.50 bits per heavy atom. The number of nitrogens with one attached hydrogen (secondary N) is 1. The fourth-order valence-corrected chi connectivity index (χ4v) is 1.22. The van der Waals surface area contributed by atoms with E-state index in [-0.39, 0.29) is 0 Å². The Bertz CT molecular complexity index is 224. The second kappa shape index (κ2) is 7.22. The summed E-state index contributed by atoms with van der Waals surface area (Å²) in [5, 5.41) is 2.47. The number of unbranched alkanes of at least 4 members (excludes halogenated alkanes) is 1. The summed E-state index contributed by atoms with van der Waals surface area (Å²) in [5.41, 5.74) is 4.83. The van der Waals surface area contributed by atoms with Gasteiger partial charge >= 0.3 is 5.97 Å². The first-order valence-electron chi connectivity index (χ1n) is 5.53. The second-order valence-corrected chi connectivity index (χ2v) is 4.66. The van der Waals surface area contributed by atoms with Crippen LogP contribution in [0.25, 0.3) is 0 Å². The third kappa shape index (κ3) is 7.23. The van der Waals surface area contributed by atoms with Crippen molar-refractivity contribution in [2.24, 2.45) is 5.73 Å². The molecule has 1 unspecified atom stereocenters. The van der Waals surface area contributed by atoms with Crippen molar-refractivity contribution in [1.82, 2.24) is 5.32 Å². The van der Waals surface area contributed by atoms with Crippen molar-refractivity contribution in [2.45, 2.75) is 51.7 Å². The van der Waals surface area contributed by atoms with Gasteiger partial charge in [-0.3, -0.25) is 4.79 Å². The van der Waals surface area contributed by atoms with E-state index < -0.39 is 17.6 Å². The maximum atomic E-state index is 11.7. The topological polar surface area (TPSA) is 81.4 Å². The van der Waals surface area contributed by atoms with Crippen molar-refractivity contribution in [3.8, 4) is 0 Å². The zero-order valence-corrected chi connectivity index (χ0v) is 10.3. The molecule has 0 aliphatic heterocycles. The van der Waals surface area contributed by atoms with E-state index in [1.165, 1.54) is 0 Å². The van der Waals surface area contributed by atoms with Crippen LogP contribution in [0, 0.1) is 0 Å². The summed E-state index contributed by atoms with van der Waals surface area (Å²) in [6, 6.07) is -0.566. The molecular formula is C11H22N2O3. The number of carbonyl (C=O) groups is 2. The predicted octanol–water partition coefficient (Wildman–Crippen LogP) is 0.572. The van der Waals surface area contributed by atoms with E-state index in [4.69, 9.17) is 10.5 Å². The number of amides is 1. The summed E-state index contributed by atoms with van der Waals surface area (Å²) >= 11 is 0. The van der Waals surface area contributed by atoms with Gasteiger partial charge in [-0.1, -0.05) is 0 Å². The third-order valence-electron chi connectivity index (χ3n) is 1.91. The first-order valence-corrected chi connectivity index (χ1v) is 5.53. The molecule has 0 saturated heterocycles. The van der Waals surface area contributed by atoms with Crippen LogP contribution in [0.2, 0.25) is 0 Å². The summed E-state index contributed by atoms with van der Waals surface area (Å²) < 4.78 is 5.19. The van der Waals surface area contributed by atoms with E-state index in [1.54, 1.807) is 20.8 Å². The summed E-state index contributed by atoms with van der Waals surface area (Å²) in [5.74, 6) is -0.392. The standard InChI is InChI=1S/C11H22N2O3/c1-11(2,3)16-10(15)9(13-8-14)6-4-5-7-12/h8-9H,4-7,12H2,1-3H3,(H,13,14). The maximum absolute atomic E-state index is 11.7. The van der Waals surface area contributed by atoms with Gasteiger partial charge in [-0.25, -0.2) is 4.79 Å². The van der Waals surface area contributed by atoms with Crippen molar-refractivity contribution in [2.75, 3.05) is 6.54 Å². The minimum absolute atomic E-state index is 0.392. The van der Waals surface area contributed by atoms with Crippen molar-refractivity contribution in [3.05, 3.63) is 0 Å². The molecule has 0 radical (unpaired) electrons. The first-order chi connectivity index (χ1) is 7.40. The van der Waals surface area contributed by atoms with Crippen LogP contribution in [0.3, 0.4) is 0 Å². The van der Waals surface area contributed by atoms with Crippen LogP contribution in [0.5, 0.6) is 0 Å². The highest BCUT2D eigenvalue weighted by molar-refractivity contribution is 5.78. The lowest BCUT2D eigenvalue weighted by Crippen LogP contribution is -2.40. The quantitative estimate of drug-likeness (QED) is 0.380. The monoisotopic (exact) mass is 230 g/mol. The summed E-state index contributed by atoms with van der Waals surface area (Å²) in [4.78, 5) is 22.0. The minimum Gasteiger partial charge on any atom is -0.458 e. The molecule has 5 nitrogen and oxygen atoms in total. The number of hydrogen-bond donors (Lipinski definition) is 2. The van der Waals surface area contributed by atoms with Gasteiger partial charge in [0.05, 0.1) is 0 Å². The molecule has 16 heavy (non-hydrogen) atoms. The molecule has 3 N–H and O–H groups in total. The van der Waals surface area contributed by atoms with Crippen molar-refractivity contribution < 1.29 is 14.3 Å². The molecule has 5 heteroatoms. The Morgan fingerprint density at radius 1 is 1.44 bits per heavy atom. The molecule has 1 atom stereocenters. The van der Waals surface area contributed by atoms with Crippen molar-refractivity contribution >= 4 is 12.4 Å². The predicted molar refractivity (Wildman–Crippen MR) is 61.7 cm³/mol. The maximum Gasteiger partial charge on any atom is 0.329 e. The summed E-state index contributed by atoms with van der Waals surface area (Å²) in [6.45, 7) is 5.97. The van der Waals surface area contributed by atoms with Gasteiger partial charge in [0, 0.05) is 0 Å². The van der Waals surface area contributed by atoms with Crippen molar-refractivity contribution in [1.29, 1.82) is 0 Å². The number of carbonyl (C=O) groups excluding carboxylic acids is 2. The highest BCUT2D eigenvalue weighted by Crippen LogP contribution is 2.11. The van der Waals surface area contributed by atoms with Crippen LogP contribution in [0.4, 0.5) is 0 Å².